The average molecular weight is 279 g/mol. The lowest BCUT2D eigenvalue weighted by Crippen LogP contribution is -2.37. The van der Waals surface area contributed by atoms with Crippen LogP contribution in [0.5, 0.6) is 5.75 Å². The number of carboxylic acid groups (broad SMARTS) is 1. The SMILES string of the molecule is CC(C)CN(CCOc1cccc(C(=O)O)c1)C(C)C. The van der Waals surface area contributed by atoms with Crippen LogP contribution in [0.2, 0.25) is 0 Å². The largest absolute Gasteiger partial charge is 0.492 e. The summed E-state index contributed by atoms with van der Waals surface area (Å²) in [6.07, 6.45) is 0. The van der Waals surface area contributed by atoms with Crippen LogP contribution in [0.15, 0.2) is 24.3 Å². The first-order valence-electron chi connectivity index (χ1n) is 7.10. The summed E-state index contributed by atoms with van der Waals surface area (Å²) in [6, 6.07) is 7.09. The summed E-state index contributed by atoms with van der Waals surface area (Å²) in [4.78, 5) is 13.2. The van der Waals surface area contributed by atoms with Crippen molar-refractivity contribution in [2.45, 2.75) is 33.7 Å². The topological polar surface area (TPSA) is 49.8 Å². The Morgan fingerprint density at radius 3 is 2.55 bits per heavy atom. The van der Waals surface area contributed by atoms with E-state index >= 15 is 0 Å². The van der Waals surface area contributed by atoms with Gasteiger partial charge in [0.15, 0.2) is 0 Å². The Hall–Kier alpha value is -1.55. The van der Waals surface area contributed by atoms with Crippen LogP contribution in [0.4, 0.5) is 0 Å². The van der Waals surface area contributed by atoms with Crippen LogP contribution < -0.4 is 4.74 Å². The van der Waals surface area contributed by atoms with Gasteiger partial charge in [-0.3, -0.25) is 4.90 Å². The molecule has 1 N–H and O–H groups in total. The molecule has 0 heterocycles. The molecule has 0 aliphatic rings. The van der Waals surface area contributed by atoms with Crippen molar-refractivity contribution in [2.24, 2.45) is 5.92 Å². The minimum Gasteiger partial charge on any atom is -0.492 e. The monoisotopic (exact) mass is 279 g/mol. The first-order chi connectivity index (χ1) is 9.40. The zero-order chi connectivity index (χ0) is 15.1. The molecule has 112 valence electrons. The van der Waals surface area contributed by atoms with Gasteiger partial charge in [0.1, 0.15) is 12.4 Å². The zero-order valence-corrected chi connectivity index (χ0v) is 12.8. The van der Waals surface area contributed by atoms with Crippen molar-refractivity contribution in [3.05, 3.63) is 29.8 Å². The summed E-state index contributed by atoms with van der Waals surface area (Å²) in [6.45, 7) is 11.2. The maximum absolute atomic E-state index is 10.9. The molecule has 0 radical (unpaired) electrons. The van der Waals surface area contributed by atoms with Gasteiger partial charge in [-0.05, 0) is 38.0 Å². The molecule has 1 aromatic carbocycles. The Bertz CT molecular complexity index is 429. The number of hydrogen-bond acceptors (Lipinski definition) is 3. The number of ether oxygens (including phenoxy) is 1. The fraction of sp³-hybridized carbons (Fsp3) is 0.562. The Kier molecular flexibility index (Phi) is 6.52. The summed E-state index contributed by atoms with van der Waals surface area (Å²) < 4.78 is 5.65. The molecule has 0 saturated carbocycles. The van der Waals surface area contributed by atoms with Crippen molar-refractivity contribution in [1.29, 1.82) is 0 Å². The van der Waals surface area contributed by atoms with Gasteiger partial charge in [0.05, 0.1) is 5.56 Å². The number of nitrogens with zero attached hydrogens (tertiary/aromatic N) is 1. The van der Waals surface area contributed by atoms with E-state index in [0.29, 0.717) is 24.3 Å². The highest BCUT2D eigenvalue weighted by atomic mass is 16.5. The van der Waals surface area contributed by atoms with Gasteiger partial charge >= 0.3 is 5.97 Å². The second-order valence-corrected chi connectivity index (χ2v) is 5.66. The highest BCUT2D eigenvalue weighted by molar-refractivity contribution is 5.87. The molecule has 1 rings (SSSR count). The average Bonchev–Trinajstić information content (AvgIpc) is 2.37. The number of aromatic carboxylic acids is 1. The maximum atomic E-state index is 10.9. The van der Waals surface area contributed by atoms with Gasteiger partial charge in [-0.15, -0.1) is 0 Å². The van der Waals surface area contributed by atoms with E-state index in [-0.39, 0.29) is 5.56 Å². The number of hydrogen-bond donors (Lipinski definition) is 1. The van der Waals surface area contributed by atoms with Gasteiger partial charge in [0, 0.05) is 19.1 Å². The normalized spacial score (nSPS) is 11.3. The van der Waals surface area contributed by atoms with E-state index in [1.165, 1.54) is 0 Å². The predicted octanol–water partition coefficient (Wildman–Crippen LogP) is 3.13. The van der Waals surface area contributed by atoms with Crippen molar-refractivity contribution in [3.63, 3.8) is 0 Å². The summed E-state index contributed by atoms with van der Waals surface area (Å²) >= 11 is 0. The molecule has 0 aromatic heterocycles. The Balaban J connectivity index is 2.50. The number of carboxylic acids is 1. The molecule has 4 nitrogen and oxygen atoms in total. The van der Waals surface area contributed by atoms with Crippen LogP contribution in [0.3, 0.4) is 0 Å². The molecule has 20 heavy (non-hydrogen) atoms. The van der Waals surface area contributed by atoms with E-state index in [4.69, 9.17) is 9.84 Å². The molecule has 4 heteroatoms. The van der Waals surface area contributed by atoms with Crippen LogP contribution in [-0.2, 0) is 0 Å². The highest BCUT2D eigenvalue weighted by Gasteiger charge is 2.11. The van der Waals surface area contributed by atoms with Crippen LogP contribution in [0.25, 0.3) is 0 Å². The van der Waals surface area contributed by atoms with Crippen LogP contribution in [-0.4, -0.2) is 41.7 Å². The highest BCUT2D eigenvalue weighted by Crippen LogP contribution is 2.13. The maximum Gasteiger partial charge on any atom is 0.335 e. The van der Waals surface area contributed by atoms with E-state index in [2.05, 4.69) is 32.6 Å². The van der Waals surface area contributed by atoms with Crippen LogP contribution >= 0.6 is 0 Å². The summed E-state index contributed by atoms with van der Waals surface area (Å²) in [5, 5.41) is 8.93. The molecule has 0 saturated heterocycles. The third-order valence-corrected chi connectivity index (χ3v) is 3.06. The third-order valence-electron chi connectivity index (χ3n) is 3.06. The number of rotatable bonds is 8. The molecule has 0 aliphatic carbocycles. The number of carbonyl (C=O) groups is 1. The van der Waals surface area contributed by atoms with Crippen molar-refractivity contribution in [2.75, 3.05) is 19.7 Å². The fourth-order valence-corrected chi connectivity index (χ4v) is 2.03. The lowest BCUT2D eigenvalue weighted by atomic mass is 10.2. The zero-order valence-electron chi connectivity index (χ0n) is 12.8. The molecule has 0 fully saturated rings. The molecule has 1 aromatic rings. The first kappa shape index (κ1) is 16.5. The van der Waals surface area contributed by atoms with Gasteiger partial charge < -0.3 is 9.84 Å². The quantitative estimate of drug-likeness (QED) is 0.794. The predicted molar refractivity (Wildman–Crippen MR) is 80.4 cm³/mol. The standard InChI is InChI=1S/C16H25NO3/c1-12(2)11-17(13(3)4)8-9-20-15-7-5-6-14(10-15)16(18)19/h5-7,10,12-13H,8-9,11H2,1-4H3,(H,18,19). The van der Waals surface area contributed by atoms with Crippen molar-refractivity contribution in [1.82, 2.24) is 4.90 Å². The number of benzene rings is 1. The Labute approximate surface area is 121 Å². The second-order valence-electron chi connectivity index (χ2n) is 5.66. The Morgan fingerprint density at radius 1 is 1.30 bits per heavy atom. The van der Waals surface area contributed by atoms with E-state index in [9.17, 15) is 4.79 Å². The molecule has 0 aliphatic heterocycles. The smallest absolute Gasteiger partial charge is 0.335 e. The van der Waals surface area contributed by atoms with Gasteiger partial charge in [-0.1, -0.05) is 19.9 Å². The van der Waals surface area contributed by atoms with Crippen molar-refractivity contribution >= 4 is 5.97 Å². The minimum atomic E-state index is -0.931. The Morgan fingerprint density at radius 2 is 2.00 bits per heavy atom. The van der Waals surface area contributed by atoms with Gasteiger partial charge in [0.25, 0.3) is 0 Å². The summed E-state index contributed by atoms with van der Waals surface area (Å²) in [5.74, 6) is 0.296. The first-order valence-corrected chi connectivity index (χ1v) is 7.10. The summed E-state index contributed by atoms with van der Waals surface area (Å²) in [7, 11) is 0. The third kappa shape index (κ3) is 5.61. The molecule has 0 bridgehead atoms. The van der Waals surface area contributed by atoms with E-state index in [0.717, 1.165) is 13.1 Å². The molecule has 0 spiro atoms. The molecular formula is C16H25NO3. The van der Waals surface area contributed by atoms with Crippen molar-refractivity contribution < 1.29 is 14.6 Å². The lowest BCUT2D eigenvalue weighted by molar-refractivity contribution is 0.0696. The minimum absolute atomic E-state index is 0.255. The van der Waals surface area contributed by atoms with E-state index in [1.807, 2.05) is 0 Å². The van der Waals surface area contributed by atoms with E-state index in [1.54, 1.807) is 24.3 Å². The van der Waals surface area contributed by atoms with Crippen molar-refractivity contribution in [3.8, 4) is 5.75 Å². The fourth-order valence-electron chi connectivity index (χ4n) is 2.03. The van der Waals surface area contributed by atoms with Gasteiger partial charge in [-0.2, -0.15) is 0 Å². The lowest BCUT2D eigenvalue weighted by Gasteiger charge is -2.28. The molecule has 0 unspecified atom stereocenters. The molecular weight excluding hydrogens is 254 g/mol. The molecule has 0 amide bonds. The van der Waals surface area contributed by atoms with Crippen LogP contribution in [0, 0.1) is 5.92 Å². The molecule has 0 atom stereocenters. The van der Waals surface area contributed by atoms with Gasteiger partial charge in [-0.25, -0.2) is 4.79 Å². The second kappa shape index (κ2) is 7.90. The van der Waals surface area contributed by atoms with E-state index < -0.39 is 5.97 Å². The van der Waals surface area contributed by atoms with Crippen LogP contribution in [0.1, 0.15) is 38.1 Å². The summed E-state index contributed by atoms with van der Waals surface area (Å²) in [5.41, 5.74) is 0.255. The van der Waals surface area contributed by atoms with Gasteiger partial charge in [0.2, 0.25) is 0 Å².